The molecule has 10 fully saturated rings. The van der Waals surface area contributed by atoms with E-state index in [0.717, 1.165) is 81.9 Å². The summed E-state index contributed by atoms with van der Waals surface area (Å²) in [5.74, 6) is -2.71. The number of aliphatic hydroxyl groups excluding tert-OH is 5. The number of fused-ring (bicyclic) bond motifs is 9. The summed E-state index contributed by atoms with van der Waals surface area (Å²) in [5, 5.41) is 124. The SMILES string of the molecule is CCC[C@@H]1CC[C@H]2[C@@H]3[C@H](O)CCC[C@](O)([C@](C)(O)[C@H]4CC[C@@]5(O)C6=C(NC[C@H](C)O)C(=O)[C@@H]7C[C@@H](O)[C@@H](O)C[C@@]78C[C@H](C7=C(CCCO)NC(N)C=C7)C=C[C@@](O)(C[C@]45[C@H]4CC[C@H]5C[C@H]7O[C@@H]9CCC%10(CCCC%10)[C@@H]9C9=CCC(=C97)C[C@H]5C4)[C@@H]68)[C@@H]3O[C@@H]2CC1. The molecule has 13 N–H and O–H groups in total. The van der Waals surface area contributed by atoms with Crippen molar-refractivity contribution in [3.63, 3.8) is 0 Å². The molecule has 8 saturated carbocycles. The molecule has 0 radical (unpaired) electrons. The van der Waals surface area contributed by atoms with Gasteiger partial charge in [-0.3, -0.25) is 4.79 Å². The summed E-state index contributed by atoms with van der Waals surface area (Å²) >= 11 is 0. The lowest BCUT2D eigenvalue weighted by molar-refractivity contribution is -0.277. The minimum atomic E-state index is -1.98. The Hall–Kier alpha value is -2.77. The molecule has 2 saturated heterocycles. The first-order valence-corrected chi connectivity index (χ1v) is 36.3. The van der Waals surface area contributed by atoms with Crippen molar-refractivity contribution in [2.75, 3.05) is 13.2 Å². The Bertz CT molecular complexity index is 2960. The molecule has 0 bridgehead atoms. The molecule has 0 amide bonds. The number of rotatable bonds is 12. The molecule has 0 aromatic heterocycles. The van der Waals surface area contributed by atoms with E-state index in [-0.39, 0.29) is 106 Å². The van der Waals surface area contributed by atoms with Crippen molar-refractivity contribution in [1.82, 2.24) is 10.6 Å². The fourth-order valence-corrected chi connectivity index (χ4v) is 25.5. The van der Waals surface area contributed by atoms with Gasteiger partial charge in [-0.25, -0.2) is 0 Å². The Morgan fingerprint density at radius 3 is 2.46 bits per heavy atom. The number of hydrogen-bond donors (Lipinski definition) is 12. The minimum absolute atomic E-state index is 0.00747. The van der Waals surface area contributed by atoms with Crippen LogP contribution in [0.2, 0.25) is 0 Å². The maximum atomic E-state index is 16.4. The summed E-state index contributed by atoms with van der Waals surface area (Å²) in [4.78, 5) is 16.4. The van der Waals surface area contributed by atoms with E-state index in [9.17, 15) is 35.7 Å². The van der Waals surface area contributed by atoms with Gasteiger partial charge in [-0.2, -0.15) is 0 Å². The van der Waals surface area contributed by atoms with Crippen LogP contribution in [0.15, 0.2) is 69.6 Å². The number of carbonyl (C=O) groups is 1. The van der Waals surface area contributed by atoms with Crippen LogP contribution < -0.4 is 16.4 Å². The number of ether oxygens (including phenoxy) is 2. The van der Waals surface area contributed by atoms with Gasteiger partial charge in [0.25, 0.3) is 0 Å². The Kier molecular flexibility index (Phi) is 15.9. The molecule has 1 unspecified atom stereocenters. The summed E-state index contributed by atoms with van der Waals surface area (Å²) in [6.07, 6.45) is 26.3. The smallest absolute Gasteiger partial charge is 0.182 e. The highest BCUT2D eigenvalue weighted by atomic mass is 16.5. The summed E-state index contributed by atoms with van der Waals surface area (Å²) < 4.78 is 14.7. The van der Waals surface area contributed by atoms with E-state index in [0.29, 0.717) is 67.3 Å². The number of aliphatic hydroxyl groups is 9. The van der Waals surface area contributed by atoms with E-state index in [4.69, 9.17) is 15.2 Å². The summed E-state index contributed by atoms with van der Waals surface area (Å²) in [6.45, 7) is 5.63. The molecule has 492 valence electrons. The zero-order valence-corrected chi connectivity index (χ0v) is 53.7. The van der Waals surface area contributed by atoms with Crippen LogP contribution in [-0.2, 0) is 14.3 Å². The summed E-state index contributed by atoms with van der Waals surface area (Å²) in [6, 6.07) is 0. The Morgan fingerprint density at radius 2 is 1.67 bits per heavy atom. The van der Waals surface area contributed by atoms with Gasteiger partial charge in [0.1, 0.15) is 5.60 Å². The molecule has 12 aliphatic carbocycles. The molecule has 3 heterocycles. The highest BCUT2D eigenvalue weighted by Gasteiger charge is 2.81. The van der Waals surface area contributed by atoms with Crippen molar-refractivity contribution in [2.45, 2.75) is 284 Å². The van der Waals surface area contributed by atoms with Crippen molar-refractivity contribution in [3.05, 3.63) is 69.6 Å². The maximum absolute atomic E-state index is 16.4. The second-order valence-electron chi connectivity index (χ2n) is 33.1. The molecule has 15 nitrogen and oxygen atoms in total. The predicted molar refractivity (Wildman–Crippen MR) is 336 cm³/mol. The van der Waals surface area contributed by atoms with Crippen LogP contribution in [-0.4, -0.2) is 142 Å². The van der Waals surface area contributed by atoms with Crippen LogP contribution in [0, 0.1) is 81.3 Å². The van der Waals surface area contributed by atoms with Gasteiger partial charge in [-0.15, -0.1) is 0 Å². The number of allylic oxidation sites excluding steroid dienone is 7. The van der Waals surface area contributed by atoms with Gasteiger partial charge in [0.05, 0.1) is 77.5 Å². The monoisotopic (exact) mass is 1230 g/mol. The van der Waals surface area contributed by atoms with Crippen LogP contribution in [0.5, 0.6) is 0 Å². The quantitative estimate of drug-likeness (QED) is 0.0825. The van der Waals surface area contributed by atoms with E-state index in [1.807, 2.05) is 18.2 Å². The minimum Gasteiger partial charge on any atom is -0.396 e. The second kappa shape index (κ2) is 22.7. The van der Waals surface area contributed by atoms with Gasteiger partial charge in [-0.05, 0) is 243 Å². The Labute approximate surface area is 528 Å². The number of nitrogens with one attached hydrogen (secondary N) is 2. The van der Waals surface area contributed by atoms with E-state index < -0.39 is 99.5 Å². The molecule has 3 aliphatic heterocycles. The lowest BCUT2D eigenvalue weighted by Gasteiger charge is -2.69. The Morgan fingerprint density at radius 1 is 0.865 bits per heavy atom. The van der Waals surface area contributed by atoms with Gasteiger partial charge >= 0.3 is 0 Å². The standard InChI is InChI=1S/C74H109N3O12/c1-4-9-41-12-17-48-55(20-13-41)89-67-61(48)52(80)11-7-27-74(67,87)68(3,84)58-24-30-73(86)63-64(76-38-40(2)79)65(83)50-35-53(81)54(82)37-70(50)36-44(47-19-21-59(75)77-51(47)10-8-31-78)22-29-71(85,66(63)70)39-72(58,73)46-16-14-42-34-57-60-43(32-45(42)33-46)15-18-49(60)62-56(88-57)23-28-69(62)25-5-6-26-69/h18-19,21-22,29,40-42,44-46,48,50,52-59,61-62,66-67,76-82,84-87H,4-17,20,23-28,30-39,75H2,1-3H3/t40-,41+,42-,44+,45-,46-,48+,50-,52+,53+,54-,55+,56+,57+,58+,59?,61+,62+,66-,67+,68+,70-,71+,72-,73+,74+/m0/s1. The molecule has 15 aliphatic rings. The average Bonchev–Trinajstić information content (AvgIpc) is 1.64. The number of carbonyl (C=O) groups excluding carboxylic acids is 1. The van der Waals surface area contributed by atoms with Crippen LogP contribution in [0.25, 0.3) is 0 Å². The van der Waals surface area contributed by atoms with Gasteiger partial charge in [0.15, 0.2) is 5.78 Å². The third kappa shape index (κ3) is 9.28. The first kappa shape index (κ1) is 62.4. The lowest BCUT2D eigenvalue weighted by atomic mass is 9.37. The molecule has 0 aromatic carbocycles. The van der Waals surface area contributed by atoms with Crippen LogP contribution >= 0.6 is 0 Å². The molecule has 0 aromatic rings. The molecule has 89 heavy (non-hydrogen) atoms. The number of ketones is 1. The zero-order valence-electron chi connectivity index (χ0n) is 53.7. The van der Waals surface area contributed by atoms with Gasteiger partial charge < -0.3 is 71.8 Å². The fraction of sp³-hybridized carbons (Fsp3) is 0.824. The number of hydrogen-bond acceptors (Lipinski definition) is 15. The highest BCUT2D eigenvalue weighted by Crippen LogP contribution is 2.78. The summed E-state index contributed by atoms with van der Waals surface area (Å²) in [7, 11) is 0. The molecule has 15 rings (SSSR count). The number of dihydropyridines is 1. The number of nitrogens with two attached hydrogens (primary N) is 1. The molecule has 15 heteroatoms. The van der Waals surface area contributed by atoms with E-state index >= 15 is 15.0 Å². The van der Waals surface area contributed by atoms with Crippen LogP contribution in [0.4, 0.5) is 0 Å². The molecular formula is C74H109N3O12. The zero-order chi connectivity index (χ0) is 62.0. The van der Waals surface area contributed by atoms with E-state index in [2.05, 4.69) is 29.7 Å². The normalized spacial score (nSPS) is 49.6. The van der Waals surface area contributed by atoms with Gasteiger partial charge in [0.2, 0.25) is 0 Å². The van der Waals surface area contributed by atoms with Crippen molar-refractivity contribution >= 4 is 5.78 Å². The Balaban J connectivity index is 0.905. The average molecular weight is 1230 g/mol. The van der Waals surface area contributed by atoms with Crippen molar-refractivity contribution in [3.8, 4) is 0 Å². The fourth-order valence-electron chi connectivity index (χ4n) is 25.5. The molecular weight excluding hydrogens is 1120 g/mol. The third-order valence-corrected chi connectivity index (χ3v) is 28.9. The van der Waals surface area contributed by atoms with E-state index in [1.54, 1.807) is 19.4 Å². The molecule has 2 spiro atoms. The first-order valence-electron chi connectivity index (χ1n) is 36.3. The largest absolute Gasteiger partial charge is 0.396 e. The third-order valence-electron chi connectivity index (χ3n) is 28.9. The lowest BCUT2D eigenvalue weighted by Crippen LogP contribution is -2.75. The first-order chi connectivity index (χ1) is 42.6. The molecule has 26 atom stereocenters. The summed E-state index contributed by atoms with van der Waals surface area (Å²) in [5.41, 5.74) is 3.47. The van der Waals surface area contributed by atoms with E-state index in [1.165, 1.54) is 43.3 Å². The number of Topliss-reactive ketones (excluding diaryl/α,β-unsaturated/α-hetero) is 1. The van der Waals surface area contributed by atoms with Gasteiger partial charge in [0, 0.05) is 53.9 Å². The predicted octanol–water partition coefficient (Wildman–Crippen LogP) is 8.05. The topological polar surface area (TPSA) is 268 Å². The van der Waals surface area contributed by atoms with Crippen molar-refractivity contribution in [1.29, 1.82) is 0 Å². The van der Waals surface area contributed by atoms with Crippen LogP contribution in [0.1, 0.15) is 207 Å². The highest BCUT2D eigenvalue weighted by molar-refractivity contribution is 6.00. The second-order valence-corrected chi connectivity index (χ2v) is 33.1. The van der Waals surface area contributed by atoms with Crippen LogP contribution in [0.3, 0.4) is 0 Å². The van der Waals surface area contributed by atoms with Crippen molar-refractivity contribution in [2.24, 2.45) is 87.1 Å². The van der Waals surface area contributed by atoms with Crippen molar-refractivity contribution < 1.29 is 60.2 Å². The van der Waals surface area contributed by atoms with Gasteiger partial charge in [-0.1, -0.05) is 68.9 Å². The maximum Gasteiger partial charge on any atom is 0.182 e.